The lowest BCUT2D eigenvalue weighted by Gasteiger charge is -2.42. The van der Waals surface area contributed by atoms with Crippen LogP contribution in [0.1, 0.15) is 67.7 Å². The van der Waals surface area contributed by atoms with Gasteiger partial charge in [0, 0.05) is 6.61 Å². The van der Waals surface area contributed by atoms with Gasteiger partial charge in [0.05, 0.1) is 0 Å². The highest BCUT2D eigenvalue weighted by atomic mass is 28.4. The zero-order chi connectivity index (χ0) is 17.3. The molecule has 0 heterocycles. The van der Waals surface area contributed by atoms with Gasteiger partial charge in [0.2, 0.25) is 0 Å². The highest BCUT2D eigenvalue weighted by Gasteiger charge is 2.44. The molecule has 0 aliphatic rings. The van der Waals surface area contributed by atoms with Crippen molar-refractivity contribution >= 4 is 19.7 Å². The monoisotopic (exact) mass is 330 g/mol. The molecule has 0 unspecified atom stereocenters. The van der Waals surface area contributed by atoms with Crippen LogP contribution in [0.25, 0.3) is 0 Å². The van der Waals surface area contributed by atoms with E-state index in [0.717, 1.165) is 6.42 Å². The van der Waals surface area contributed by atoms with E-state index in [1.807, 2.05) is 6.92 Å². The molecular formula is C16H34N2O3Si. The van der Waals surface area contributed by atoms with Gasteiger partial charge in [0.25, 0.3) is 0 Å². The van der Waals surface area contributed by atoms with Crippen LogP contribution in [0, 0.1) is 0 Å². The van der Waals surface area contributed by atoms with Gasteiger partial charge in [0.1, 0.15) is 11.4 Å². The van der Waals surface area contributed by atoms with Crippen LogP contribution >= 0.6 is 0 Å². The molecule has 0 fully saturated rings. The Morgan fingerprint density at radius 2 is 1.36 bits per heavy atom. The minimum atomic E-state index is -1.84. The number of rotatable bonds is 10. The van der Waals surface area contributed by atoms with Gasteiger partial charge in [-0.25, -0.2) is 0 Å². The molecule has 2 N–H and O–H groups in total. The number of hydrogen-bond acceptors (Lipinski definition) is 5. The lowest BCUT2D eigenvalue weighted by molar-refractivity contribution is 0.273. The van der Waals surface area contributed by atoms with E-state index in [2.05, 4.69) is 51.9 Å². The van der Waals surface area contributed by atoms with Crippen LogP contribution in [0.2, 0.25) is 16.6 Å². The normalized spacial score (nSPS) is 14.5. The van der Waals surface area contributed by atoms with Crippen molar-refractivity contribution in [2.24, 2.45) is 10.3 Å². The first-order chi connectivity index (χ1) is 10.3. The Hall–Kier alpha value is -0.883. The van der Waals surface area contributed by atoms with E-state index in [1.54, 1.807) is 0 Å². The number of nitrogens with zero attached hydrogens (tertiary/aromatic N) is 2. The van der Waals surface area contributed by atoms with E-state index in [9.17, 15) is 0 Å². The average Bonchev–Trinajstić information content (AvgIpc) is 2.44. The Morgan fingerprint density at radius 1 is 0.909 bits per heavy atom. The van der Waals surface area contributed by atoms with Crippen molar-refractivity contribution in [1.82, 2.24) is 0 Å². The van der Waals surface area contributed by atoms with Gasteiger partial charge in [0.15, 0.2) is 8.32 Å². The molecular weight excluding hydrogens is 296 g/mol. The Labute approximate surface area is 136 Å². The van der Waals surface area contributed by atoms with Crippen molar-refractivity contribution in [2.75, 3.05) is 6.61 Å². The van der Waals surface area contributed by atoms with Crippen molar-refractivity contribution in [3.63, 3.8) is 0 Å². The molecule has 22 heavy (non-hydrogen) atoms. The van der Waals surface area contributed by atoms with E-state index < -0.39 is 8.32 Å². The fourth-order valence-electron chi connectivity index (χ4n) is 3.57. The molecule has 0 rings (SSSR count). The maximum atomic E-state index is 9.05. The summed E-state index contributed by atoms with van der Waals surface area (Å²) in [7, 11) is -1.84. The maximum absolute atomic E-state index is 9.05. The molecule has 0 bridgehead atoms. The van der Waals surface area contributed by atoms with Crippen LogP contribution in [0.4, 0.5) is 0 Å². The Balaban J connectivity index is 4.72. The van der Waals surface area contributed by atoms with Crippen LogP contribution in [0.3, 0.4) is 0 Å². The van der Waals surface area contributed by atoms with Gasteiger partial charge in [-0.3, -0.25) is 0 Å². The van der Waals surface area contributed by atoms with E-state index in [4.69, 9.17) is 14.8 Å². The Morgan fingerprint density at radius 3 is 1.68 bits per heavy atom. The Kier molecular flexibility index (Phi) is 9.60. The van der Waals surface area contributed by atoms with E-state index >= 15 is 0 Å². The largest absolute Gasteiger partial charge is 0.416 e. The molecule has 0 saturated heterocycles. The average molecular weight is 331 g/mol. The molecule has 0 aromatic rings. The first-order valence-corrected chi connectivity index (χ1v) is 10.5. The maximum Gasteiger partial charge on any atom is 0.200 e. The van der Waals surface area contributed by atoms with Crippen molar-refractivity contribution in [3.8, 4) is 0 Å². The summed E-state index contributed by atoms with van der Waals surface area (Å²) in [6.45, 7) is 16.1. The van der Waals surface area contributed by atoms with Crippen LogP contribution in [-0.4, -0.2) is 36.8 Å². The third-order valence-electron chi connectivity index (χ3n) is 4.53. The highest BCUT2D eigenvalue weighted by Crippen LogP contribution is 2.42. The molecule has 0 spiro atoms. The molecule has 6 heteroatoms. The van der Waals surface area contributed by atoms with Gasteiger partial charge in [-0.2, -0.15) is 0 Å². The van der Waals surface area contributed by atoms with Crippen molar-refractivity contribution in [3.05, 3.63) is 0 Å². The predicted octanol–water partition coefficient (Wildman–Crippen LogP) is 5.03. The zero-order valence-corrected chi connectivity index (χ0v) is 16.3. The van der Waals surface area contributed by atoms with Crippen LogP contribution in [0.5, 0.6) is 0 Å². The molecule has 0 aromatic carbocycles. The molecule has 0 atom stereocenters. The molecule has 0 aromatic heterocycles. The van der Waals surface area contributed by atoms with E-state index in [0.29, 0.717) is 47.5 Å². The summed E-state index contributed by atoms with van der Waals surface area (Å²) in [5, 5.41) is 24.4. The molecule has 0 radical (unpaired) electrons. The summed E-state index contributed by atoms with van der Waals surface area (Å²) in [6.07, 6.45) is 1.86. The quantitative estimate of drug-likeness (QED) is 0.194. The van der Waals surface area contributed by atoms with Gasteiger partial charge < -0.3 is 14.8 Å². The molecule has 0 amide bonds. The summed E-state index contributed by atoms with van der Waals surface area (Å²) in [5.74, 6) is 0. The third-order valence-corrected chi connectivity index (χ3v) is 10.6. The lowest BCUT2D eigenvalue weighted by atomic mass is 10.1. The molecule has 0 saturated carbocycles. The standard InChI is InChI=1S/C16H34N2O3Si/c1-8-15(17-19)16(18-20)10-9-11-21-22(12(2)3,13(4)5)14(6)7/h12-14,19-20H,8-11H2,1-7H3/b17-15-,18-16-. The topological polar surface area (TPSA) is 74.4 Å². The summed E-state index contributed by atoms with van der Waals surface area (Å²) in [6, 6.07) is 0. The summed E-state index contributed by atoms with van der Waals surface area (Å²) < 4.78 is 6.46. The highest BCUT2D eigenvalue weighted by molar-refractivity contribution is 6.77. The molecule has 5 nitrogen and oxygen atoms in total. The number of hydrogen-bond donors (Lipinski definition) is 2. The molecule has 0 aliphatic heterocycles. The van der Waals surface area contributed by atoms with Gasteiger partial charge in [-0.15, -0.1) is 0 Å². The van der Waals surface area contributed by atoms with Crippen molar-refractivity contribution in [1.29, 1.82) is 0 Å². The van der Waals surface area contributed by atoms with Crippen LogP contribution in [0.15, 0.2) is 10.3 Å². The fraction of sp³-hybridized carbons (Fsp3) is 0.875. The predicted molar refractivity (Wildman–Crippen MR) is 95.0 cm³/mol. The van der Waals surface area contributed by atoms with Crippen molar-refractivity contribution < 1.29 is 14.8 Å². The second kappa shape index (κ2) is 10.00. The molecule has 130 valence electrons. The first kappa shape index (κ1) is 21.1. The SMILES string of the molecule is CCC(=N/O)/C(CCCO[Si](C(C)C)(C(C)C)C(C)C)=N\O. The van der Waals surface area contributed by atoms with Crippen LogP contribution in [-0.2, 0) is 4.43 Å². The van der Waals surface area contributed by atoms with Gasteiger partial charge in [-0.05, 0) is 35.9 Å². The van der Waals surface area contributed by atoms with Crippen LogP contribution < -0.4 is 0 Å². The summed E-state index contributed by atoms with van der Waals surface area (Å²) in [4.78, 5) is 0. The fourth-order valence-corrected chi connectivity index (χ4v) is 9.07. The minimum Gasteiger partial charge on any atom is -0.416 e. The van der Waals surface area contributed by atoms with E-state index in [1.165, 1.54) is 0 Å². The first-order valence-electron chi connectivity index (χ1n) is 8.33. The van der Waals surface area contributed by atoms with Gasteiger partial charge >= 0.3 is 0 Å². The zero-order valence-electron chi connectivity index (χ0n) is 15.3. The minimum absolute atomic E-state index is 0.433. The smallest absolute Gasteiger partial charge is 0.200 e. The summed E-state index contributed by atoms with van der Waals surface area (Å²) >= 11 is 0. The van der Waals surface area contributed by atoms with Gasteiger partial charge in [-0.1, -0.05) is 58.8 Å². The van der Waals surface area contributed by atoms with Crippen molar-refractivity contribution in [2.45, 2.75) is 84.4 Å². The molecule has 0 aliphatic carbocycles. The van der Waals surface area contributed by atoms with E-state index in [-0.39, 0.29) is 0 Å². The number of oxime groups is 2. The Bertz CT molecular complexity index is 358. The summed E-state index contributed by atoms with van der Waals surface area (Å²) in [5.41, 5.74) is 2.55. The lowest BCUT2D eigenvalue weighted by Crippen LogP contribution is -2.48. The third kappa shape index (κ3) is 5.09. The second-order valence-electron chi connectivity index (χ2n) is 6.72. The second-order valence-corrected chi connectivity index (χ2v) is 12.2.